The zero-order valence-corrected chi connectivity index (χ0v) is 16.9. The van der Waals surface area contributed by atoms with E-state index in [0.29, 0.717) is 46.7 Å². The van der Waals surface area contributed by atoms with Gasteiger partial charge in [-0.25, -0.2) is 0 Å². The molecule has 2 aromatic carbocycles. The van der Waals surface area contributed by atoms with Crippen LogP contribution in [-0.2, 0) is 6.54 Å². The Morgan fingerprint density at radius 1 is 0.926 bits per heavy atom. The zero-order chi connectivity index (χ0) is 19.4. The number of rotatable bonds is 5. The van der Waals surface area contributed by atoms with Crippen LogP contribution in [0.3, 0.4) is 0 Å². The largest absolute Gasteiger partial charge is 0.496 e. The quantitative estimate of drug-likeness (QED) is 0.750. The maximum Gasteiger partial charge on any atom is 0.261 e. The average molecular weight is 409 g/mol. The summed E-state index contributed by atoms with van der Waals surface area (Å²) in [6, 6.07) is 10.9. The van der Waals surface area contributed by atoms with Crippen LogP contribution in [-0.4, -0.2) is 56.1 Å². The molecule has 1 heterocycles. The van der Waals surface area contributed by atoms with Crippen LogP contribution in [0.25, 0.3) is 0 Å². The first-order valence-electron chi connectivity index (χ1n) is 8.70. The molecule has 7 heteroatoms. The van der Waals surface area contributed by atoms with Crippen LogP contribution in [0.15, 0.2) is 36.4 Å². The Bertz CT molecular complexity index is 778. The summed E-state index contributed by atoms with van der Waals surface area (Å²) in [5.41, 5.74) is 1.39. The van der Waals surface area contributed by atoms with Crippen molar-refractivity contribution < 1.29 is 14.3 Å². The minimum Gasteiger partial charge on any atom is -0.496 e. The van der Waals surface area contributed by atoms with Crippen molar-refractivity contribution in [3.05, 3.63) is 57.6 Å². The minimum absolute atomic E-state index is 0.0836. The van der Waals surface area contributed by atoms with E-state index in [-0.39, 0.29) is 5.91 Å². The number of carbonyl (C=O) groups is 1. The SMILES string of the molecule is COc1cccc(OC)c1C(=O)N1CCN(Cc2c(Cl)cccc2Cl)CC1. The van der Waals surface area contributed by atoms with Crippen molar-refractivity contribution in [3.63, 3.8) is 0 Å². The maximum atomic E-state index is 13.0. The molecule has 0 N–H and O–H groups in total. The molecule has 0 aromatic heterocycles. The van der Waals surface area contributed by atoms with Crippen LogP contribution in [0.1, 0.15) is 15.9 Å². The fraction of sp³-hybridized carbons (Fsp3) is 0.350. The lowest BCUT2D eigenvalue weighted by atomic mass is 10.1. The molecule has 1 saturated heterocycles. The van der Waals surface area contributed by atoms with Crippen LogP contribution in [0.4, 0.5) is 0 Å². The number of halogens is 2. The van der Waals surface area contributed by atoms with E-state index in [0.717, 1.165) is 18.7 Å². The second-order valence-corrected chi connectivity index (χ2v) is 7.12. The number of methoxy groups -OCH3 is 2. The molecule has 2 aromatic rings. The molecular weight excluding hydrogens is 387 g/mol. The molecule has 0 bridgehead atoms. The Balaban J connectivity index is 1.68. The zero-order valence-electron chi connectivity index (χ0n) is 15.4. The second kappa shape index (κ2) is 8.83. The van der Waals surface area contributed by atoms with Crippen molar-refractivity contribution in [2.45, 2.75) is 6.54 Å². The molecule has 0 unspecified atom stereocenters. The van der Waals surface area contributed by atoms with Gasteiger partial charge in [0.25, 0.3) is 5.91 Å². The first kappa shape index (κ1) is 19.8. The van der Waals surface area contributed by atoms with E-state index < -0.39 is 0 Å². The summed E-state index contributed by atoms with van der Waals surface area (Å²) in [6.07, 6.45) is 0. The van der Waals surface area contributed by atoms with Crippen LogP contribution >= 0.6 is 23.2 Å². The molecule has 0 aliphatic carbocycles. The van der Waals surface area contributed by atoms with E-state index in [9.17, 15) is 4.79 Å². The third-order valence-electron chi connectivity index (χ3n) is 4.74. The van der Waals surface area contributed by atoms with Gasteiger partial charge in [0.15, 0.2) is 0 Å². The summed E-state index contributed by atoms with van der Waals surface area (Å²) in [5.74, 6) is 0.953. The number of hydrogen-bond acceptors (Lipinski definition) is 4. The molecule has 0 spiro atoms. The van der Waals surface area contributed by atoms with Crippen LogP contribution in [0, 0.1) is 0 Å². The van der Waals surface area contributed by atoms with E-state index in [4.69, 9.17) is 32.7 Å². The number of hydrogen-bond donors (Lipinski definition) is 0. The molecule has 1 aliphatic rings. The summed E-state index contributed by atoms with van der Waals surface area (Å²) >= 11 is 12.5. The van der Waals surface area contributed by atoms with E-state index in [1.165, 1.54) is 0 Å². The Morgan fingerprint density at radius 2 is 1.44 bits per heavy atom. The highest BCUT2D eigenvalue weighted by atomic mass is 35.5. The topological polar surface area (TPSA) is 42.0 Å². The van der Waals surface area contributed by atoms with Crippen molar-refractivity contribution in [2.24, 2.45) is 0 Å². The fourth-order valence-corrected chi connectivity index (χ4v) is 3.75. The van der Waals surface area contributed by atoms with Crippen molar-refractivity contribution in [2.75, 3.05) is 40.4 Å². The molecule has 0 radical (unpaired) electrons. The van der Waals surface area contributed by atoms with Gasteiger partial charge < -0.3 is 14.4 Å². The van der Waals surface area contributed by atoms with Crippen LogP contribution in [0.2, 0.25) is 10.0 Å². The maximum absolute atomic E-state index is 13.0. The van der Waals surface area contributed by atoms with Gasteiger partial charge in [-0.15, -0.1) is 0 Å². The predicted octanol–water partition coefficient (Wildman–Crippen LogP) is 3.97. The average Bonchev–Trinajstić information content (AvgIpc) is 2.70. The highest BCUT2D eigenvalue weighted by molar-refractivity contribution is 6.35. The molecular formula is C20H22Cl2N2O3. The number of ether oxygens (including phenoxy) is 2. The number of carbonyl (C=O) groups excluding carboxylic acids is 1. The first-order chi connectivity index (χ1) is 13.0. The van der Waals surface area contributed by atoms with Crippen LogP contribution < -0.4 is 9.47 Å². The Morgan fingerprint density at radius 3 is 1.96 bits per heavy atom. The molecule has 1 amide bonds. The van der Waals surface area contributed by atoms with Crippen molar-refractivity contribution in [3.8, 4) is 11.5 Å². The summed E-state index contributed by atoms with van der Waals surface area (Å²) < 4.78 is 10.7. The second-order valence-electron chi connectivity index (χ2n) is 6.31. The van der Waals surface area contributed by atoms with Gasteiger partial charge in [-0.1, -0.05) is 35.3 Å². The lowest BCUT2D eigenvalue weighted by Crippen LogP contribution is -2.48. The normalized spacial score (nSPS) is 14.9. The number of benzene rings is 2. The molecule has 0 atom stereocenters. The van der Waals surface area contributed by atoms with E-state index in [1.54, 1.807) is 32.4 Å². The van der Waals surface area contributed by atoms with Crippen LogP contribution in [0.5, 0.6) is 11.5 Å². The molecule has 3 rings (SSSR count). The van der Waals surface area contributed by atoms with Gasteiger partial charge in [0.1, 0.15) is 17.1 Å². The van der Waals surface area contributed by atoms with E-state index >= 15 is 0 Å². The van der Waals surface area contributed by atoms with Gasteiger partial charge in [0, 0.05) is 48.3 Å². The van der Waals surface area contributed by atoms with Gasteiger partial charge in [-0.3, -0.25) is 9.69 Å². The van der Waals surface area contributed by atoms with Crippen molar-refractivity contribution >= 4 is 29.1 Å². The Hall–Kier alpha value is -1.95. The van der Waals surface area contributed by atoms with Gasteiger partial charge >= 0.3 is 0 Å². The molecule has 1 fully saturated rings. The number of nitrogens with zero attached hydrogens (tertiary/aromatic N) is 2. The summed E-state index contributed by atoms with van der Waals surface area (Å²) in [7, 11) is 3.10. The number of piperazine rings is 1. The third kappa shape index (κ3) is 4.32. The van der Waals surface area contributed by atoms with Gasteiger partial charge in [-0.2, -0.15) is 0 Å². The predicted molar refractivity (Wildman–Crippen MR) is 107 cm³/mol. The number of amides is 1. The first-order valence-corrected chi connectivity index (χ1v) is 9.46. The lowest BCUT2D eigenvalue weighted by molar-refractivity contribution is 0.0622. The highest BCUT2D eigenvalue weighted by Gasteiger charge is 2.27. The summed E-state index contributed by atoms with van der Waals surface area (Å²) in [4.78, 5) is 17.1. The summed E-state index contributed by atoms with van der Waals surface area (Å²) in [6.45, 7) is 3.37. The molecule has 144 valence electrons. The third-order valence-corrected chi connectivity index (χ3v) is 5.45. The fourth-order valence-electron chi connectivity index (χ4n) is 3.24. The molecule has 27 heavy (non-hydrogen) atoms. The Kier molecular flexibility index (Phi) is 6.47. The van der Waals surface area contributed by atoms with E-state index in [2.05, 4.69) is 4.90 Å². The molecule has 5 nitrogen and oxygen atoms in total. The van der Waals surface area contributed by atoms with E-state index in [1.807, 2.05) is 23.1 Å². The lowest BCUT2D eigenvalue weighted by Gasteiger charge is -2.35. The smallest absolute Gasteiger partial charge is 0.261 e. The summed E-state index contributed by atoms with van der Waals surface area (Å²) in [5, 5.41) is 1.33. The van der Waals surface area contributed by atoms with Gasteiger partial charge in [0.2, 0.25) is 0 Å². The standard InChI is InChI=1S/C20H22Cl2N2O3/c1-26-17-7-4-8-18(27-2)19(17)20(25)24-11-9-23(10-12-24)13-14-15(21)5-3-6-16(14)22/h3-8H,9-13H2,1-2H3. The minimum atomic E-state index is -0.0836. The Labute approximate surface area is 169 Å². The molecule has 0 saturated carbocycles. The van der Waals surface area contributed by atoms with Crippen molar-refractivity contribution in [1.82, 2.24) is 9.80 Å². The molecule has 1 aliphatic heterocycles. The van der Waals surface area contributed by atoms with Crippen molar-refractivity contribution in [1.29, 1.82) is 0 Å². The monoisotopic (exact) mass is 408 g/mol. The van der Waals surface area contributed by atoms with Gasteiger partial charge in [-0.05, 0) is 24.3 Å². The van der Waals surface area contributed by atoms with Gasteiger partial charge in [0.05, 0.1) is 14.2 Å². The highest BCUT2D eigenvalue weighted by Crippen LogP contribution is 2.30.